The highest BCUT2D eigenvalue weighted by Gasteiger charge is 2.49. The third kappa shape index (κ3) is 2.55. The number of hydrogen-bond donors (Lipinski definition) is 0. The van der Waals surface area contributed by atoms with Gasteiger partial charge in [0.25, 0.3) is 5.91 Å². The van der Waals surface area contributed by atoms with Crippen molar-refractivity contribution >= 4 is 11.8 Å². The van der Waals surface area contributed by atoms with E-state index in [1.54, 1.807) is 21.9 Å². The number of halogens is 1. The maximum absolute atomic E-state index is 12.9. The zero-order valence-electron chi connectivity index (χ0n) is 12.9. The number of amides is 2. The van der Waals surface area contributed by atoms with E-state index < -0.39 is 5.82 Å². The summed E-state index contributed by atoms with van der Waals surface area (Å²) in [4.78, 5) is 32.1. The second-order valence-electron chi connectivity index (χ2n) is 6.21. The highest BCUT2D eigenvalue weighted by molar-refractivity contribution is 5.92. The molecule has 0 unspecified atom stereocenters. The Hall–Kier alpha value is -2.70. The van der Waals surface area contributed by atoms with Crippen LogP contribution < -0.4 is 0 Å². The molecule has 6 nitrogen and oxygen atoms in total. The molecule has 0 saturated carbocycles. The molecule has 24 heavy (non-hydrogen) atoms. The fraction of sp³-hybridized carbons (Fsp3) is 0.353. The van der Waals surface area contributed by atoms with Crippen molar-refractivity contribution in [2.24, 2.45) is 5.92 Å². The van der Waals surface area contributed by atoms with Gasteiger partial charge in [-0.1, -0.05) is 0 Å². The molecule has 0 radical (unpaired) electrons. The molecule has 4 rings (SSSR count). The maximum Gasteiger partial charge on any atom is 0.289 e. The molecule has 2 aliphatic rings. The molecule has 2 saturated heterocycles. The van der Waals surface area contributed by atoms with Gasteiger partial charge in [0, 0.05) is 31.2 Å². The van der Waals surface area contributed by atoms with Gasteiger partial charge in [-0.3, -0.25) is 14.6 Å². The molecule has 2 amide bonds. The summed E-state index contributed by atoms with van der Waals surface area (Å²) in [6.07, 6.45) is 2.74. The second-order valence-corrected chi connectivity index (χ2v) is 6.21. The summed E-state index contributed by atoms with van der Waals surface area (Å²) in [5.41, 5.74) is 0.548. The predicted molar refractivity (Wildman–Crippen MR) is 81.5 cm³/mol. The van der Waals surface area contributed by atoms with Gasteiger partial charge in [-0.25, -0.2) is 4.39 Å². The Labute approximate surface area is 137 Å². The predicted octanol–water partition coefficient (Wildman–Crippen LogP) is 1.34. The second kappa shape index (κ2) is 5.74. The number of hydrogen-bond acceptors (Lipinski definition) is 4. The standard InChI is InChI=1S/C17H16FN3O3/c18-12-3-4-13(19-7-12)6-16(22)21-9-11-8-20(10-14(11)21)17(23)15-2-1-5-24-15/h1-5,7,11,14H,6,8-10H2/t11-,14-/m0/s1. The fourth-order valence-corrected chi connectivity index (χ4v) is 3.41. The summed E-state index contributed by atoms with van der Waals surface area (Å²) < 4.78 is 18.0. The molecule has 2 atom stereocenters. The number of furan rings is 1. The minimum atomic E-state index is -0.418. The van der Waals surface area contributed by atoms with E-state index in [9.17, 15) is 14.0 Å². The van der Waals surface area contributed by atoms with Crippen LogP contribution in [0.2, 0.25) is 0 Å². The molecule has 2 fully saturated rings. The number of carbonyl (C=O) groups is 2. The Morgan fingerprint density at radius 1 is 1.25 bits per heavy atom. The molecule has 4 heterocycles. The number of carbonyl (C=O) groups excluding carboxylic acids is 2. The molecule has 0 aliphatic carbocycles. The Kier molecular flexibility index (Phi) is 3.55. The van der Waals surface area contributed by atoms with Crippen molar-refractivity contribution in [1.82, 2.24) is 14.8 Å². The van der Waals surface area contributed by atoms with Crippen molar-refractivity contribution in [3.63, 3.8) is 0 Å². The van der Waals surface area contributed by atoms with Gasteiger partial charge < -0.3 is 14.2 Å². The van der Waals surface area contributed by atoms with E-state index in [-0.39, 0.29) is 24.3 Å². The van der Waals surface area contributed by atoms with E-state index in [2.05, 4.69) is 4.98 Å². The molecular formula is C17H16FN3O3. The van der Waals surface area contributed by atoms with Gasteiger partial charge in [0.05, 0.1) is 24.9 Å². The smallest absolute Gasteiger partial charge is 0.289 e. The summed E-state index contributed by atoms with van der Waals surface area (Å²) in [7, 11) is 0. The van der Waals surface area contributed by atoms with Crippen LogP contribution in [0.3, 0.4) is 0 Å². The van der Waals surface area contributed by atoms with E-state index in [0.29, 0.717) is 37.0 Å². The van der Waals surface area contributed by atoms with E-state index in [1.807, 2.05) is 0 Å². The Balaban J connectivity index is 1.37. The Morgan fingerprint density at radius 3 is 2.83 bits per heavy atom. The first-order valence-electron chi connectivity index (χ1n) is 7.84. The molecular weight excluding hydrogens is 313 g/mol. The van der Waals surface area contributed by atoms with Gasteiger partial charge in [-0.05, 0) is 24.3 Å². The highest BCUT2D eigenvalue weighted by Crippen LogP contribution is 2.33. The number of aromatic nitrogens is 1. The van der Waals surface area contributed by atoms with Crippen molar-refractivity contribution in [1.29, 1.82) is 0 Å². The normalized spacial score (nSPS) is 22.2. The van der Waals surface area contributed by atoms with Crippen LogP contribution in [0.25, 0.3) is 0 Å². The van der Waals surface area contributed by atoms with Crippen LogP contribution in [0.5, 0.6) is 0 Å². The average molecular weight is 329 g/mol. The largest absolute Gasteiger partial charge is 0.459 e. The molecule has 2 aromatic rings. The van der Waals surface area contributed by atoms with Gasteiger partial charge in [-0.15, -0.1) is 0 Å². The first-order chi connectivity index (χ1) is 11.6. The quantitative estimate of drug-likeness (QED) is 0.852. The van der Waals surface area contributed by atoms with Crippen molar-refractivity contribution < 1.29 is 18.4 Å². The number of likely N-dealkylation sites (tertiary alicyclic amines) is 2. The fourth-order valence-electron chi connectivity index (χ4n) is 3.41. The summed E-state index contributed by atoms with van der Waals surface area (Å²) >= 11 is 0. The van der Waals surface area contributed by atoms with E-state index in [4.69, 9.17) is 4.42 Å². The van der Waals surface area contributed by atoms with E-state index in [1.165, 1.54) is 18.4 Å². The van der Waals surface area contributed by atoms with Crippen molar-refractivity contribution in [3.05, 3.63) is 54.0 Å². The first kappa shape index (κ1) is 14.9. The van der Waals surface area contributed by atoms with Crippen LogP contribution in [0.15, 0.2) is 41.1 Å². The Bertz CT molecular complexity index is 760. The maximum atomic E-state index is 12.9. The van der Waals surface area contributed by atoms with Gasteiger partial charge in [0.15, 0.2) is 5.76 Å². The van der Waals surface area contributed by atoms with Crippen LogP contribution in [0.4, 0.5) is 4.39 Å². The highest BCUT2D eigenvalue weighted by atomic mass is 19.1. The van der Waals surface area contributed by atoms with Crippen LogP contribution in [0, 0.1) is 11.7 Å². The summed E-state index contributed by atoms with van der Waals surface area (Å²) in [6, 6.07) is 6.20. The molecule has 0 aromatic carbocycles. The minimum absolute atomic E-state index is 0.0392. The lowest BCUT2D eigenvalue weighted by atomic mass is 9.91. The number of fused-ring (bicyclic) bond motifs is 1. The lowest BCUT2D eigenvalue weighted by molar-refractivity contribution is -0.140. The van der Waals surface area contributed by atoms with Crippen molar-refractivity contribution in [2.45, 2.75) is 12.5 Å². The van der Waals surface area contributed by atoms with E-state index in [0.717, 1.165) is 6.20 Å². The van der Waals surface area contributed by atoms with Crippen LogP contribution in [0.1, 0.15) is 16.2 Å². The number of pyridine rings is 1. The lowest BCUT2D eigenvalue weighted by Crippen LogP contribution is -2.58. The van der Waals surface area contributed by atoms with Gasteiger partial charge in [0.2, 0.25) is 5.91 Å². The summed E-state index contributed by atoms with van der Waals surface area (Å²) in [5, 5.41) is 0. The zero-order valence-corrected chi connectivity index (χ0v) is 12.9. The molecule has 2 aliphatic heterocycles. The number of rotatable bonds is 3. The monoisotopic (exact) mass is 329 g/mol. The summed E-state index contributed by atoms with van der Waals surface area (Å²) in [5.74, 6) is 0.0430. The first-order valence-corrected chi connectivity index (χ1v) is 7.84. The minimum Gasteiger partial charge on any atom is -0.459 e. The van der Waals surface area contributed by atoms with Crippen molar-refractivity contribution in [3.8, 4) is 0 Å². The van der Waals surface area contributed by atoms with Gasteiger partial charge >= 0.3 is 0 Å². The van der Waals surface area contributed by atoms with Crippen LogP contribution in [-0.4, -0.2) is 52.3 Å². The van der Waals surface area contributed by atoms with Gasteiger partial charge in [-0.2, -0.15) is 0 Å². The third-order valence-electron chi connectivity index (χ3n) is 4.70. The van der Waals surface area contributed by atoms with Crippen LogP contribution >= 0.6 is 0 Å². The van der Waals surface area contributed by atoms with Gasteiger partial charge in [0.1, 0.15) is 5.82 Å². The zero-order chi connectivity index (χ0) is 16.7. The summed E-state index contributed by atoms with van der Waals surface area (Å²) in [6.45, 7) is 1.81. The topological polar surface area (TPSA) is 66.7 Å². The van der Waals surface area contributed by atoms with Crippen LogP contribution in [-0.2, 0) is 11.2 Å². The Morgan fingerprint density at radius 2 is 2.12 bits per heavy atom. The van der Waals surface area contributed by atoms with E-state index >= 15 is 0 Å². The molecule has 7 heteroatoms. The molecule has 2 aromatic heterocycles. The average Bonchev–Trinajstić information content (AvgIpc) is 3.19. The molecule has 124 valence electrons. The third-order valence-corrected chi connectivity index (χ3v) is 4.70. The number of nitrogens with zero attached hydrogens (tertiary/aromatic N) is 3. The lowest BCUT2D eigenvalue weighted by Gasteiger charge is -2.43. The van der Waals surface area contributed by atoms with Crippen molar-refractivity contribution in [2.75, 3.05) is 19.6 Å². The SMILES string of the molecule is O=C(c1ccco1)N1C[C@H]2CN(C(=O)Cc3ccc(F)cn3)[C@H]2C1. The molecule has 0 N–H and O–H groups in total. The molecule has 0 bridgehead atoms. The molecule has 0 spiro atoms.